The van der Waals surface area contributed by atoms with Crippen LogP contribution in [0.4, 0.5) is 0 Å². The standard InChI is InChI=1S/C13H10N6O2S2/c1-8-7-23-12(15-8)9(5-14)10(20)6-18-13(21)19(17-16-18)11-3-2-4-22-11/h2-4,7,9H,6H2,1H3. The van der Waals surface area contributed by atoms with Gasteiger partial charge in [0.15, 0.2) is 11.7 Å². The van der Waals surface area contributed by atoms with Crippen LogP contribution in [0.2, 0.25) is 0 Å². The van der Waals surface area contributed by atoms with E-state index in [1.54, 1.807) is 24.4 Å². The predicted octanol–water partition coefficient (Wildman–Crippen LogP) is 1.13. The molecule has 0 amide bonds. The lowest BCUT2D eigenvalue weighted by Gasteiger charge is -2.03. The molecule has 8 nitrogen and oxygen atoms in total. The third kappa shape index (κ3) is 2.96. The Morgan fingerprint density at radius 2 is 2.26 bits per heavy atom. The molecule has 0 N–H and O–H groups in total. The summed E-state index contributed by atoms with van der Waals surface area (Å²) >= 11 is 2.58. The van der Waals surface area contributed by atoms with E-state index in [-0.39, 0.29) is 6.54 Å². The van der Waals surface area contributed by atoms with E-state index in [1.807, 2.05) is 11.4 Å². The number of Topliss-reactive ketones (excluding diaryl/α,β-unsaturated/α-hetero) is 1. The summed E-state index contributed by atoms with van der Waals surface area (Å²) in [5, 5.41) is 21.3. The molecule has 3 heterocycles. The second kappa shape index (κ2) is 6.23. The molecule has 0 aliphatic carbocycles. The maximum Gasteiger partial charge on any atom is 0.369 e. The molecule has 0 bridgehead atoms. The van der Waals surface area contributed by atoms with Gasteiger partial charge in [0, 0.05) is 11.1 Å². The molecule has 0 saturated heterocycles. The van der Waals surface area contributed by atoms with Crippen LogP contribution in [0.25, 0.3) is 5.00 Å². The topological polar surface area (TPSA) is 106 Å². The van der Waals surface area contributed by atoms with E-state index in [9.17, 15) is 14.9 Å². The number of rotatable bonds is 5. The Kier molecular flexibility index (Phi) is 4.14. The van der Waals surface area contributed by atoms with Crippen molar-refractivity contribution >= 4 is 28.5 Å². The number of thiazole rings is 1. The van der Waals surface area contributed by atoms with Crippen molar-refractivity contribution in [2.75, 3.05) is 0 Å². The summed E-state index contributed by atoms with van der Waals surface area (Å²) in [6.45, 7) is 1.47. The molecule has 3 aromatic heterocycles. The van der Waals surface area contributed by atoms with Gasteiger partial charge in [-0.2, -0.15) is 14.6 Å². The lowest BCUT2D eigenvalue weighted by Crippen LogP contribution is -2.28. The third-order valence-electron chi connectivity index (χ3n) is 2.99. The van der Waals surface area contributed by atoms with Gasteiger partial charge in [0.05, 0.1) is 6.07 Å². The summed E-state index contributed by atoms with van der Waals surface area (Å²) < 4.78 is 2.07. The molecule has 0 fully saturated rings. The largest absolute Gasteiger partial charge is 0.369 e. The van der Waals surface area contributed by atoms with Crippen molar-refractivity contribution in [3.63, 3.8) is 0 Å². The van der Waals surface area contributed by atoms with Crippen LogP contribution in [0, 0.1) is 18.3 Å². The summed E-state index contributed by atoms with van der Waals surface area (Å²) in [5.74, 6) is -1.45. The van der Waals surface area contributed by atoms with Crippen LogP contribution in [0.1, 0.15) is 16.6 Å². The fourth-order valence-electron chi connectivity index (χ4n) is 1.91. The van der Waals surface area contributed by atoms with Gasteiger partial charge < -0.3 is 0 Å². The smallest absolute Gasteiger partial charge is 0.296 e. The van der Waals surface area contributed by atoms with Crippen LogP contribution >= 0.6 is 22.7 Å². The number of nitriles is 1. The van der Waals surface area contributed by atoms with Gasteiger partial charge in [-0.3, -0.25) is 4.79 Å². The molecule has 1 atom stereocenters. The van der Waals surface area contributed by atoms with Crippen LogP contribution < -0.4 is 5.69 Å². The Morgan fingerprint density at radius 3 is 2.87 bits per heavy atom. The minimum Gasteiger partial charge on any atom is -0.296 e. The van der Waals surface area contributed by atoms with E-state index < -0.39 is 17.4 Å². The molecule has 3 aromatic rings. The van der Waals surface area contributed by atoms with E-state index in [4.69, 9.17) is 0 Å². The van der Waals surface area contributed by atoms with Gasteiger partial charge in [-0.1, -0.05) is 0 Å². The van der Waals surface area contributed by atoms with Crippen molar-refractivity contribution in [1.29, 1.82) is 5.26 Å². The Hall–Kier alpha value is -2.64. The van der Waals surface area contributed by atoms with Gasteiger partial charge in [0.2, 0.25) is 0 Å². The number of tetrazole rings is 1. The van der Waals surface area contributed by atoms with Crippen molar-refractivity contribution in [3.8, 4) is 11.1 Å². The zero-order valence-corrected chi connectivity index (χ0v) is 13.5. The van der Waals surface area contributed by atoms with Crippen molar-refractivity contribution in [1.82, 2.24) is 24.8 Å². The van der Waals surface area contributed by atoms with Crippen LogP contribution in [-0.2, 0) is 11.3 Å². The first kappa shape index (κ1) is 15.3. The molecular formula is C13H10N6O2S2. The fourth-order valence-corrected chi connectivity index (χ4v) is 3.44. The normalized spacial score (nSPS) is 12.0. The van der Waals surface area contributed by atoms with Crippen LogP contribution in [-0.4, -0.2) is 30.6 Å². The van der Waals surface area contributed by atoms with Crippen LogP contribution in [0.5, 0.6) is 0 Å². The van der Waals surface area contributed by atoms with Crippen LogP contribution in [0.15, 0.2) is 27.7 Å². The average molecular weight is 346 g/mol. The number of aryl methyl sites for hydroxylation is 1. The molecule has 116 valence electrons. The highest BCUT2D eigenvalue weighted by molar-refractivity contribution is 7.12. The van der Waals surface area contributed by atoms with E-state index in [1.165, 1.54) is 22.7 Å². The highest BCUT2D eigenvalue weighted by Gasteiger charge is 2.25. The number of aromatic nitrogens is 5. The number of hydrogen-bond acceptors (Lipinski definition) is 8. The summed E-state index contributed by atoms with van der Waals surface area (Å²) in [6, 6.07) is 5.45. The quantitative estimate of drug-likeness (QED) is 0.685. The van der Waals surface area contributed by atoms with Crippen molar-refractivity contribution in [2.24, 2.45) is 0 Å². The molecule has 0 aliphatic rings. The molecule has 23 heavy (non-hydrogen) atoms. The first-order valence-electron chi connectivity index (χ1n) is 6.51. The SMILES string of the molecule is Cc1csc(C(C#N)C(=O)Cn2nnn(-c3cccs3)c2=O)n1. The molecule has 0 saturated carbocycles. The lowest BCUT2D eigenvalue weighted by molar-refractivity contribution is -0.120. The van der Waals surface area contributed by atoms with E-state index in [0.29, 0.717) is 10.0 Å². The molecule has 10 heteroatoms. The molecular weight excluding hydrogens is 336 g/mol. The van der Waals surface area contributed by atoms with Crippen molar-refractivity contribution < 1.29 is 4.79 Å². The fraction of sp³-hybridized carbons (Fsp3) is 0.231. The molecule has 0 radical (unpaired) electrons. The predicted molar refractivity (Wildman–Crippen MR) is 83.7 cm³/mol. The molecule has 0 spiro atoms. The first-order valence-corrected chi connectivity index (χ1v) is 8.27. The second-order valence-corrected chi connectivity index (χ2v) is 6.45. The van der Waals surface area contributed by atoms with E-state index >= 15 is 0 Å². The minimum atomic E-state index is -1.01. The lowest BCUT2D eigenvalue weighted by atomic mass is 10.1. The van der Waals surface area contributed by atoms with Gasteiger partial charge in [0.25, 0.3) is 0 Å². The maximum atomic E-state index is 12.3. The molecule has 3 rings (SSSR count). The Balaban J connectivity index is 1.83. The second-order valence-electron chi connectivity index (χ2n) is 4.64. The summed E-state index contributed by atoms with van der Waals surface area (Å²) in [6.07, 6.45) is 0. The molecule has 1 unspecified atom stereocenters. The van der Waals surface area contributed by atoms with Gasteiger partial charge in [-0.15, -0.1) is 22.7 Å². The zero-order chi connectivity index (χ0) is 16.4. The van der Waals surface area contributed by atoms with Crippen LogP contribution in [0.3, 0.4) is 0 Å². The highest BCUT2D eigenvalue weighted by atomic mass is 32.1. The highest BCUT2D eigenvalue weighted by Crippen LogP contribution is 2.21. The average Bonchev–Trinajstić information content (AvgIpc) is 3.24. The van der Waals surface area contributed by atoms with Gasteiger partial charge >= 0.3 is 5.69 Å². The van der Waals surface area contributed by atoms with E-state index in [0.717, 1.165) is 15.1 Å². The number of nitrogens with zero attached hydrogens (tertiary/aromatic N) is 6. The van der Waals surface area contributed by atoms with Gasteiger partial charge in [-0.25, -0.2) is 9.78 Å². The monoisotopic (exact) mass is 346 g/mol. The Labute approximate surface area is 138 Å². The number of thiophene rings is 1. The third-order valence-corrected chi connectivity index (χ3v) is 4.87. The number of ketones is 1. The minimum absolute atomic E-state index is 0.318. The maximum absolute atomic E-state index is 12.3. The van der Waals surface area contributed by atoms with Crippen molar-refractivity contribution in [2.45, 2.75) is 19.4 Å². The Morgan fingerprint density at radius 1 is 1.43 bits per heavy atom. The summed E-state index contributed by atoms with van der Waals surface area (Å²) in [4.78, 5) is 28.7. The number of carbonyl (C=O) groups excluding carboxylic acids is 1. The number of carbonyl (C=O) groups is 1. The Bertz CT molecular complexity index is 930. The van der Waals surface area contributed by atoms with Gasteiger partial charge in [-0.05, 0) is 34.9 Å². The summed E-state index contributed by atoms with van der Waals surface area (Å²) in [5.41, 5.74) is 0.228. The molecule has 0 aromatic carbocycles. The summed E-state index contributed by atoms with van der Waals surface area (Å²) in [7, 11) is 0. The van der Waals surface area contributed by atoms with Gasteiger partial charge in [0.1, 0.15) is 16.6 Å². The molecule has 0 aliphatic heterocycles. The van der Waals surface area contributed by atoms with E-state index in [2.05, 4.69) is 15.4 Å². The van der Waals surface area contributed by atoms with Crippen molar-refractivity contribution in [3.05, 3.63) is 44.1 Å². The first-order chi connectivity index (χ1) is 11.1. The number of hydrogen-bond donors (Lipinski definition) is 0. The zero-order valence-electron chi connectivity index (χ0n) is 11.9.